The molecule has 0 aromatic heterocycles. The first kappa shape index (κ1) is 19.3. The highest BCUT2D eigenvalue weighted by Gasteiger charge is 2.34. The fraction of sp³-hybridized carbons (Fsp3) is 0.588. The van der Waals surface area contributed by atoms with Gasteiger partial charge in [-0.05, 0) is 42.0 Å². The van der Waals surface area contributed by atoms with E-state index in [1.807, 2.05) is 4.90 Å². The third-order valence-electron chi connectivity index (χ3n) is 4.31. The van der Waals surface area contributed by atoms with Crippen molar-refractivity contribution in [2.75, 3.05) is 25.4 Å². The lowest BCUT2D eigenvalue weighted by Gasteiger charge is -2.22. The molecule has 0 spiro atoms. The molecule has 1 aromatic rings. The zero-order valence-electron chi connectivity index (χ0n) is 13.7. The second kappa shape index (κ2) is 8.23. The molecular weight excluding hydrogens is 316 g/mol. The summed E-state index contributed by atoms with van der Waals surface area (Å²) in [6.45, 7) is 8.84. The Labute approximate surface area is 144 Å². The van der Waals surface area contributed by atoms with Gasteiger partial charge in [0.2, 0.25) is 5.91 Å². The van der Waals surface area contributed by atoms with E-state index < -0.39 is 0 Å². The Balaban J connectivity index is 0.00000242. The molecule has 3 nitrogen and oxygen atoms in total. The standard InChI is InChI=1S/C17H26N2OS.ClH/c1-13(2)14-4-6-15(7-5-14)21-10-16(20)19-9-8-17(3,11-18)12-19;/h4-7,13H,8-12,18H2,1-3H3;1H. The minimum Gasteiger partial charge on any atom is -0.341 e. The van der Waals surface area contributed by atoms with Gasteiger partial charge in [-0.1, -0.05) is 32.9 Å². The van der Waals surface area contributed by atoms with Crippen molar-refractivity contribution in [1.82, 2.24) is 4.90 Å². The van der Waals surface area contributed by atoms with Gasteiger partial charge in [0, 0.05) is 18.0 Å². The van der Waals surface area contributed by atoms with Gasteiger partial charge in [0.05, 0.1) is 5.75 Å². The quantitative estimate of drug-likeness (QED) is 0.833. The topological polar surface area (TPSA) is 46.3 Å². The molecule has 0 aliphatic carbocycles. The number of thioether (sulfide) groups is 1. The molecule has 1 atom stereocenters. The van der Waals surface area contributed by atoms with Crippen molar-refractivity contribution in [2.45, 2.75) is 38.0 Å². The van der Waals surface area contributed by atoms with Gasteiger partial charge in [0.25, 0.3) is 0 Å². The van der Waals surface area contributed by atoms with E-state index in [4.69, 9.17) is 5.73 Å². The van der Waals surface area contributed by atoms with Gasteiger partial charge in [-0.15, -0.1) is 24.2 Å². The number of nitrogens with zero attached hydrogens (tertiary/aromatic N) is 1. The van der Waals surface area contributed by atoms with Gasteiger partial charge in [0.15, 0.2) is 0 Å². The van der Waals surface area contributed by atoms with Crippen LogP contribution in [0.1, 0.15) is 38.7 Å². The van der Waals surface area contributed by atoms with E-state index in [-0.39, 0.29) is 23.7 Å². The summed E-state index contributed by atoms with van der Waals surface area (Å²) in [6, 6.07) is 8.53. The van der Waals surface area contributed by atoms with Gasteiger partial charge in [0.1, 0.15) is 0 Å². The molecule has 5 heteroatoms. The number of rotatable bonds is 5. The zero-order valence-corrected chi connectivity index (χ0v) is 15.3. The molecule has 22 heavy (non-hydrogen) atoms. The number of carbonyl (C=O) groups is 1. The number of amides is 1. The van der Waals surface area contributed by atoms with Crippen LogP contribution in [-0.4, -0.2) is 36.2 Å². The molecule has 1 unspecified atom stereocenters. The summed E-state index contributed by atoms with van der Waals surface area (Å²) in [7, 11) is 0. The van der Waals surface area contributed by atoms with E-state index in [9.17, 15) is 4.79 Å². The number of hydrogen-bond acceptors (Lipinski definition) is 3. The summed E-state index contributed by atoms with van der Waals surface area (Å²) in [4.78, 5) is 15.4. The maximum absolute atomic E-state index is 12.3. The third kappa shape index (κ3) is 4.90. The second-order valence-corrected chi connectivity index (χ2v) is 7.64. The van der Waals surface area contributed by atoms with Crippen molar-refractivity contribution < 1.29 is 4.79 Å². The number of benzene rings is 1. The molecule has 1 aromatic carbocycles. The SMILES string of the molecule is CC(C)c1ccc(SCC(=O)N2CCC(C)(CN)C2)cc1.Cl. The van der Waals surface area contributed by atoms with E-state index in [2.05, 4.69) is 45.0 Å². The summed E-state index contributed by atoms with van der Waals surface area (Å²) in [5, 5.41) is 0. The van der Waals surface area contributed by atoms with Gasteiger partial charge < -0.3 is 10.6 Å². The summed E-state index contributed by atoms with van der Waals surface area (Å²) < 4.78 is 0. The largest absolute Gasteiger partial charge is 0.341 e. The Morgan fingerprint density at radius 3 is 2.50 bits per heavy atom. The number of carbonyl (C=O) groups excluding carboxylic acids is 1. The van der Waals surface area contributed by atoms with E-state index in [1.165, 1.54) is 5.56 Å². The Hall–Kier alpha value is -0.710. The Bertz CT molecular complexity index is 492. The normalized spacial score (nSPS) is 21.0. The molecule has 2 rings (SSSR count). The highest BCUT2D eigenvalue weighted by Crippen LogP contribution is 2.29. The smallest absolute Gasteiger partial charge is 0.232 e. The molecule has 124 valence electrons. The van der Waals surface area contributed by atoms with Crippen LogP contribution in [0.15, 0.2) is 29.2 Å². The molecule has 0 radical (unpaired) electrons. The number of likely N-dealkylation sites (tertiary alicyclic amines) is 1. The second-order valence-electron chi connectivity index (χ2n) is 6.59. The minimum absolute atomic E-state index is 0. The minimum atomic E-state index is 0. The van der Waals surface area contributed by atoms with Crippen molar-refractivity contribution in [3.63, 3.8) is 0 Å². The van der Waals surface area contributed by atoms with Crippen LogP contribution in [0.3, 0.4) is 0 Å². The fourth-order valence-electron chi connectivity index (χ4n) is 2.59. The predicted octanol–water partition coefficient (Wildman–Crippen LogP) is 3.52. The van der Waals surface area contributed by atoms with Crippen LogP contribution in [0.2, 0.25) is 0 Å². The van der Waals surface area contributed by atoms with E-state index in [0.29, 0.717) is 18.2 Å². The van der Waals surface area contributed by atoms with Gasteiger partial charge in [-0.25, -0.2) is 0 Å². The summed E-state index contributed by atoms with van der Waals surface area (Å²) in [5.74, 6) is 1.29. The first-order valence-electron chi connectivity index (χ1n) is 7.64. The highest BCUT2D eigenvalue weighted by atomic mass is 35.5. The molecule has 1 saturated heterocycles. The van der Waals surface area contributed by atoms with Crippen molar-refractivity contribution in [3.05, 3.63) is 29.8 Å². The van der Waals surface area contributed by atoms with Crippen molar-refractivity contribution >= 4 is 30.1 Å². The lowest BCUT2D eigenvalue weighted by molar-refractivity contribution is -0.127. The zero-order chi connectivity index (χ0) is 15.5. The molecule has 2 N–H and O–H groups in total. The molecule has 1 heterocycles. The Morgan fingerprint density at radius 1 is 1.36 bits per heavy atom. The predicted molar refractivity (Wildman–Crippen MR) is 96.9 cm³/mol. The summed E-state index contributed by atoms with van der Waals surface area (Å²) in [5.41, 5.74) is 7.24. The van der Waals surface area contributed by atoms with Crippen LogP contribution in [0.5, 0.6) is 0 Å². The van der Waals surface area contributed by atoms with Crippen LogP contribution >= 0.6 is 24.2 Å². The average Bonchev–Trinajstić information content (AvgIpc) is 2.88. The molecule has 1 aliphatic rings. The van der Waals surface area contributed by atoms with Crippen molar-refractivity contribution in [1.29, 1.82) is 0 Å². The van der Waals surface area contributed by atoms with E-state index in [0.717, 1.165) is 24.4 Å². The Morgan fingerprint density at radius 2 is 2.00 bits per heavy atom. The molecule has 1 amide bonds. The first-order valence-corrected chi connectivity index (χ1v) is 8.63. The van der Waals surface area contributed by atoms with E-state index in [1.54, 1.807) is 11.8 Å². The van der Waals surface area contributed by atoms with Crippen molar-refractivity contribution in [2.24, 2.45) is 11.1 Å². The fourth-order valence-corrected chi connectivity index (χ4v) is 3.39. The van der Waals surface area contributed by atoms with Crippen LogP contribution in [0.25, 0.3) is 0 Å². The molecule has 0 saturated carbocycles. The monoisotopic (exact) mass is 342 g/mol. The maximum atomic E-state index is 12.3. The number of nitrogens with two attached hydrogens (primary N) is 1. The lowest BCUT2D eigenvalue weighted by Crippen LogP contribution is -2.35. The van der Waals surface area contributed by atoms with Crippen LogP contribution in [-0.2, 0) is 4.79 Å². The van der Waals surface area contributed by atoms with Gasteiger partial charge >= 0.3 is 0 Å². The summed E-state index contributed by atoms with van der Waals surface area (Å²) in [6.07, 6.45) is 1.02. The first-order chi connectivity index (χ1) is 9.93. The maximum Gasteiger partial charge on any atom is 0.232 e. The van der Waals surface area contributed by atoms with Crippen LogP contribution < -0.4 is 5.73 Å². The molecular formula is C17H27ClN2OS. The van der Waals surface area contributed by atoms with Crippen molar-refractivity contribution in [3.8, 4) is 0 Å². The van der Waals surface area contributed by atoms with Gasteiger partial charge in [-0.3, -0.25) is 4.79 Å². The lowest BCUT2D eigenvalue weighted by atomic mass is 9.90. The molecule has 1 fully saturated rings. The van der Waals surface area contributed by atoms with Crippen LogP contribution in [0, 0.1) is 5.41 Å². The highest BCUT2D eigenvalue weighted by molar-refractivity contribution is 8.00. The molecule has 1 aliphatic heterocycles. The Kier molecular flexibility index (Phi) is 7.23. The number of halogens is 1. The molecule has 0 bridgehead atoms. The van der Waals surface area contributed by atoms with Gasteiger partial charge in [-0.2, -0.15) is 0 Å². The number of hydrogen-bond donors (Lipinski definition) is 1. The third-order valence-corrected chi connectivity index (χ3v) is 5.31. The van der Waals surface area contributed by atoms with E-state index >= 15 is 0 Å². The summed E-state index contributed by atoms with van der Waals surface area (Å²) >= 11 is 1.62. The van der Waals surface area contributed by atoms with Crippen LogP contribution in [0.4, 0.5) is 0 Å². The average molecular weight is 343 g/mol.